The molecule has 0 aromatic heterocycles. The van der Waals surface area contributed by atoms with Gasteiger partial charge in [0.05, 0.1) is 17.6 Å². The average molecular weight is 485 g/mol. The van der Waals surface area contributed by atoms with Crippen LogP contribution in [0.5, 0.6) is 0 Å². The van der Waals surface area contributed by atoms with Crippen LogP contribution in [0.2, 0.25) is 0 Å². The Morgan fingerprint density at radius 3 is 2.26 bits per heavy atom. The van der Waals surface area contributed by atoms with E-state index in [9.17, 15) is 4.79 Å². The first-order valence-corrected chi connectivity index (χ1v) is 14.8. The number of esters is 1. The van der Waals surface area contributed by atoms with Crippen LogP contribution in [-0.4, -0.2) is 30.6 Å². The molecule has 11 atom stereocenters. The zero-order valence-electron chi connectivity index (χ0n) is 23.3. The third-order valence-electron chi connectivity index (χ3n) is 14.6. The van der Waals surface area contributed by atoms with Gasteiger partial charge in [0.2, 0.25) is 5.79 Å². The summed E-state index contributed by atoms with van der Waals surface area (Å²) in [5, 5.41) is 0. The first-order valence-electron chi connectivity index (χ1n) is 14.8. The molecule has 5 saturated carbocycles. The Hall–Kier alpha value is -0.610. The molecule has 0 radical (unpaired) electrons. The molecule has 0 aromatic rings. The van der Waals surface area contributed by atoms with E-state index in [-0.39, 0.29) is 28.3 Å². The zero-order valence-corrected chi connectivity index (χ0v) is 23.3. The number of hydrogen-bond acceptors (Lipinski definition) is 4. The molecule has 4 heteroatoms. The predicted octanol–water partition coefficient (Wildman–Crippen LogP) is 6.90. The van der Waals surface area contributed by atoms with Crippen molar-refractivity contribution in [3.63, 3.8) is 0 Å². The van der Waals surface area contributed by atoms with Crippen LogP contribution in [-0.2, 0) is 19.0 Å². The van der Waals surface area contributed by atoms with E-state index in [4.69, 9.17) is 14.2 Å². The molecule has 7 fully saturated rings. The molecule has 0 amide bonds. The van der Waals surface area contributed by atoms with E-state index < -0.39 is 5.79 Å². The number of ether oxygens (including phenoxy) is 3. The van der Waals surface area contributed by atoms with Crippen LogP contribution in [0, 0.1) is 50.7 Å². The highest BCUT2D eigenvalue weighted by Crippen LogP contribution is 2.90. The summed E-state index contributed by atoms with van der Waals surface area (Å²) in [7, 11) is 1.93. The molecule has 0 unspecified atom stereocenters. The maximum atomic E-state index is 12.4. The number of methoxy groups -OCH3 is 1. The highest BCUT2D eigenvalue weighted by Gasteiger charge is 2.85. The SMILES string of the molecule is CO[C@@H]1CC[C@]23C[C@]24CC[C@@]2(C)[C@@](C)(CC[C@@]25O[C@@]2(C[C@@H](C)C(=O)O2)C[C@H]5C)[C@@H]4CC[C@@H]3C1(C)C. The lowest BCUT2D eigenvalue weighted by Gasteiger charge is -2.64. The molecule has 2 saturated heterocycles. The van der Waals surface area contributed by atoms with E-state index in [1.807, 2.05) is 14.0 Å². The van der Waals surface area contributed by atoms with E-state index in [0.717, 1.165) is 31.1 Å². The van der Waals surface area contributed by atoms with Crippen molar-refractivity contribution >= 4 is 5.97 Å². The van der Waals surface area contributed by atoms with Crippen molar-refractivity contribution in [2.24, 2.45) is 50.7 Å². The quantitative estimate of drug-likeness (QED) is 0.380. The topological polar surface area (TPSA) is 44.8 Å². The van der Waals surface area contributed by atoms with Crippen molar-refractivity contribution in [3.8, 4) is 0 Å². The molecule has 7 aliphatic rings. The Bertz CT molecular complexity index is 975. The monoisotopic (exact) mass is 484 g/mol. The van der Waals surface area contributed by atoms with Crippen molar-refractivity contribution in [1.29, 1.82) is 0 Å². The lowest BCUT2D eigenvalue weighted by atomic mass is 9.41. The van der Waals surface area contributed by atoms with Gasteiger partial charge in [0.1, 0.15) is 0 Å². The smallest absolute Gasteiger partial charge is 0.311 e. The van der Waals surface area contributed by atoms with Gasteiger partial charge in [-0.15, -0.1) is 0 Å². The second kappa shape index (κ2) is 6.50. The van der Waals surface area contributed by atoms with Gasteiger partial charge in [0.15, 0.2) is 0 Å². The molecule has 7 rings (SSSR count). The van der Waals surface area contributed by atoms with Crippen LogP contribution >= 0.6 is 0 Å². The molecule has 35 heavy (non-hydrogen) atoms. The van der Waals surface area contributed by atoms with Gasteiger partial charge in [0, 0.05) is 25.4 Å². The number of carbonyl (C=O) groups is 1. The molecule has 2 heterocycles. The van der Waals surface area contributed by atoms with Gasteiger partial charge in [0.25, 0.3) is 0 Å². The third kappa shape index (κ3) is 2.35. The maximum Gasteiger partial charge on any atom is 0.311 e. The summed E-state index contributed by atoms with van der Waals surface area (Å²) in [5.41, 5.74) is 1.66. The first kappa shape index (κ1) is 23.5. The van der Waals surface area contributed by atoms with Crippen LogP contribution in [0.1, 0.15) is 112 Å². The van der Waals surface area contributed by atoms with E-state index >= 15 is 0 Å². The standard InChI is InChI=1S/C31H48O4/c1-19-16-30(34-24(19)32)17-20(2)31(35-30)15-12-26(5)22-9-8-21-25(3,4)23(33-7)10-11-28(21)18-29(22,28)14-13-27(26,31)6/h19-23H,8-18H2,1-7H3/t19-,20-,21-,22+,23-,26+,27+,28-,29+,30+,31+/m1/s1. The van der Waals surface area contributed by atoms with Gasteiger partial charge in [-0.2, -0.15) is 0 Å². The number of carbonyl (C=O) groups excluding carboxylic acids is 1. The Balaban J connectivity index is 1.24. The molecule has 0 N–H and O–H groups in total. The molecule has 2 aliphatic heterocycles. The fraction of sp³-hybridized carbons (Fsp3) is 0.968. The fourth-order valence-electron chi connectivity index (χ4n) is 12.9. The van der Waals surface area contributed by atoms with Crippen molar-refractivity contribution in [2.45, 2.75) is 130 Å². The fourth-order valence-corrected chi connectivity index (χ4v) is 12.9. The van der Waals surface area contributed by atoms with Crippen LogP contribution in [0.25, 0.3) is 0 Å². The predicted molar refractivity (Wildman–Crippen MR) is 134 cm³/mol. The number of rotatable bonds is 1. The number of fused-ring (bicyclic) bond motifs is 3. The molecule has 4 spiro atoms. The molecular weight excluding hydrogens is 436 g/mol. The summed E-state index contributed by atoms with van der Waals surface area (Å²) in [5.74, 6) is 1.27. The summed E-state index contributed by atoms with van der Waals surface area (Å²) in [6.45, 7) is 14.7. The first-order chi connectivity index (χ1) is 16.4. The molecule has 0 bridgehead atoms. The van der Waals surface area contributed by atoms with Gasteiger partial charge in [-0.1, -0.05) is 41.5 Å². The summed E-state index contributed by atoms with van der Waals surface area (Å²) in [6.07, 6.45) is 13.9. The van der Waals surface area contributed by atoms with Crippen LogP contribution in [0.15, 0.2) is 0 Å². The number of hydrogen-bond donors (Lipinski definition) is 0. The summed E-state index contributed by atoms with van der Waals surface area (Å²) < 4.78 is 19.2. The van der Waals surface area contributed by atoms with Crippen molar-refractivity contribution in [1.82, 2.24) is 0 Å². The van der Waals surface area contributed by atoms with Gasteiger partial charge in [-0.05, 0) is 97.2 Å². The molecule has 5 aliphatic carbocycles. The van der Waals surface area contributed by atoms with Crippen molar-refractivity contribution in [3.05, 3.63) is 0 Å². The Kier molecular flexibility index (Phi) is 4.37. The Morgan fingerprint density at radius 1 is 0.857 bits per heavy atom. The molecular formula is C31H48O4. The maximum absolute atomic E-state index is 12.4. The van der Waals surface area contributed by atoms with Crippen molar-refractivity contribution in [2.75, 3.05) is 7.11 Å². The highest BCUT2D eigenvalue weighted by molar-refractivity contribution is 5.74. The summed E-state index contributed by atoms with van der Waals surface area (Å²) in [6, 6.07) is 0. The van der Waals surface area contributed by atoms with Crippen LogP contribution < -0.4 is 0 Å². The third-order valence-corrected chi connectivity index (χ3v) is 14.6. The lowest BCUT2D eigenvalue weighted by Crippen LogP contribution is -2.61. The largest absolute Gasteiger partial charge is 0.433 e. The normalized spacial score (nSPS) is 61.8. The van der Waals surface area contributed by atoms with E-state index in [1.54, 1.807) is 0 Å². The minimum absolute atomic E-state index is 0.0419. The van der Waals surface area contributed by atoms with Gasteiger partial charge >= 0.3 is 5.97 Å². The van der Waals surface area contributed by atoms with Crippen LogP contribution in [0.3, 0.4) is 0 Å². The Labute approximate surface area is 212 Å². The van der Waals surface area contributed by atoms with Crippen LogP contribution in [0.4, 0.5) is 0 Å². The van der Waals surface area contributed by atoms with E-state index in [0.29, 0.717) is 28.3 Å². The summed E-state index contributed by atoms with van der Waals surface area (Å²) in [4.78, 5) is 12.4. The minimum Gasteiger partial charge on any atom is -0.433 e. The zero-order chi connectivity index (χ0) is 24.9. The second-order valence-electron chi connectivity index (χ2n) is 15.5. The summed E-state index contributed by atoms with van der Waals surface area (Å²) >= 11 is 0. The van der Waals surface area contributed by atoms with Gasteiger partial charge in [-0.25, -0.2) is 0 Å². The highest BCUT2D eigenvalue weighted by atomic mass is 16.7. The Morgan fingerprint density at radius 2 is 1.57 bits per heavy atom. The average Bonchev–Trinajstić information content (AvgIpc) is 3.14. The van der Waals surface area contributed by atoms with Gasteiger partial charge < -0.3 is 14.2 Å². The van der Waals surface area contributed by atoms with E-state index in [2.05, 4.69) is 34.6 Å². The molecule has 4 nitrogen and oxygen atoms in total. The minimum atomic E-state index is -0.666. The molecule has 0 aromatic carbocycles. The second-order valence-corrected chi connectivity index (χ2v) is 15.5. The molecule has 196 valence electrons. The van der Waals surface area contributed by atoms with Gasteiger partial charge in [-0.3, -0.25) is 4.79 Å². The van der Waals surface area contributed by atoms with Crippen molar-refractivity contribution < 1.29 is 19.0 Å². The lowest BCUT2D eigenvalue weighted by molar-refractivity contribution is -0.269. The van der Waals surface area contributed by atoms with E-state index in [1.165, 1.54) is 51.4 Å².